The van der Waals surface area contributed by atoms with Gasteiger partial charge in [0.2, 0.25) is 0 Å². The molecule has 0 aromatic heterocycles. The summed E-state index contributed by atoms with van der Waals surface area (Å²) in [4.78, 5) is 0. The first-order valence-corrected chi connectivity index (χ1v) is 4.36. The molecule has 0 fully saturated rings. The standard InChI is InChI=1S/C11H16O2.Na/c1-8-9(12)6-5-7-10(8)13-11(2,3)4;/h5-7,12H,1-4H3;/q;+1/p-1. The van der Waals surface area contributed by atoms with E-state index in [4.69, 9.17) is 4.74 Å². The van der Waals surface area contributed by atoms with E-state index < -0.39 is 0 Å². The molecule has 3 heteroatoms. The first-order chi connectivity index (χ1) is 5.90. The van der Waals surface area contributed by atoms with Crippen LogP contribution >= 0.6 is 0 Å². The van der Waals surface area contributed by atoms with Gasteiger partial charge in [0.1, 0.15) is 11.4 Å². The maximum atomic E-state index is 11.2. The van der Waals surface area contributed by atoms with Crippen molar-refractivity contribution in [2.24, 2.45) is 0 Å². The molecule has 0 saturated carbocycles. The second kappa shape index (κ2) is 5.06. The van der Waals surface area contributed by atoms with Gasteiger partial charge in [0.25, 0.3) is 0 Å². The van der Waals surface area contributed by atoms with Gasteiger partial charge in [-0.2, -0.15) is 0 Å². The summed E-state index contributed by atoms with van der Waals surface area (Å²) in [6.45, 7) is 7.67. The van der Waals surface area contributed by atoms with Gasteiger partial charge in [-0.05, 0) is 39.3 Å². The number of hydrogen-bond donors (Lipinski definition) is 0. The SMILES string of the molecule is Cc1c([O-])cccc1OC(C)(C)C.[Na+]. The van der Waals surface area contributed by atoms with Crippen molar-refractivity contribution in [3.63, 3.8) is 0 Å². The minimum atomic E-state index is -0.251. The van der Waals surface area contributed by atoms with Gasteiger partial charge in [0.05, 0.1) is 0 Å². The molecule has 0 amide bonds. The molecule has 0 aliphatic carbocycles. The maximum absolute atomic E-state index is 11.2. The van der Waals surface area contributed by atoms with E-state index in [0.29, 0.717) is 11.3 Å². The van der Waals surface area contributed by atoms with Gasteiger partial charge in [-0.1, -0.05) is 12.1 Å². The van der Waals surface area contributed by atoms with E-state index in [1.54, 1.807) is 19.1 Å². The molecule has 0 N–H and O–H groups in total. The Morgan fingerprint density at radius 3 is 2.29 bits per heavy atom. The summed E-state index contributed by atoms with van der Waals surface area (Å²) in [6.07, 6.45) is 0. The summed E-state index contributed by atoms with van der Waals surface area (Å²) in [7, 11) is 0. The van der Waals surface area contributed by atoms with Crippen molar-refractivity contribution in [1.29, 1.82) is 0 Å². The Morgan fingerprint density at radius 2 is 1.79 bits per heavy atom. The van der Waals surface area contributed by atoms with Gasteiger partial charge in [-0.25, -0.2) is 0 Å². The fraction of sp³-hybridized carbons (Fsp3) is 0.455. The van der Waals surface area contributed by atoms with Crippen LogP contribution in [0, 0.1) is 6.92 Å². The zero-order chi connectivity index (χ0) is 10.1. The normalized spacial score (nSPS) is 10.6. The molecule has 0 atom stereocenters. The van der Waals surface area contributed by atoms with E-state index in [-0.39, 0.29) is 40.9 Å². The van der Waals surface area contributed by atoms with E-state index in [0.717, 1.165) is 0 Å². The van der Waals surface area contributed by atoms with Crippen molar-refractivity contribution in [3.05, 3.63) is 23.8 Å². The Kier molecular flexibility index (Phi) is 4.99. The monoisotopic (exact) mass is 202 g/mol. The molecule has 0 aliphatic heterocycles. The Morgan fingerprint density at radius 1 is 1.21 bits per heavy atom. The molecule has 0 spiro atoms. The third kappa shape index (κ3) is 3.91. The molecule has 0 saturated heterocycles. The fourth-order valence-corrected chi connectivity index (χ4v) is 1.03. The molecule has 0 unspecified atom stereocenters. The minimum Gasteiger partial charge on any atom is -0.872 e. The van der Waals surface area contributed by atoms with Crippen molar-refractivity contribution in [1.82, 2.24) is 0 Å². The second-order valence-corrected chi connectivity index (χ2v) is 4.09. The first kappa shape index (κ1) is 13.8. The summed E-state index contributed by atoms with van der Waals surface area (Å²) in [5.41, 5.74) is 0.427. The van der Waals surface area contributed by atoms with Crippen LogP contribution < -0.4 is 39.4 Å². The molecule has 1 rings (SSSR count). The summed E-state index contributed by atoms with van der Waals surface area (Å²) >= 11 is 0. The molecule has 14 heavy (non-hydrogen) atoms. The third-order valence-electron chi connectivity index (χ3n) is 1.65. The quantitative estimate of drug-likeness (QED) is 0.561. The Labute approximate surface area is 108 Å². The van der Waals surface area contributed by atoms with E-state index in [2.05, 4.69) is 0 Å². The molecular formula is C11H15NaO2. The minimum absolute atomic E-state index is 0. The van der Waals surface area contributed by atoms with Crippen LogP contribution in [0.25, 0.3) is 0 Å². The molecule has 0 radical (unpaired) electrons. The summed E-state index contributed by atoms with van der Waals surface area (Å²) in [5.74, 6) is 0.710. The Bertz CT molecular complexity index is 303. The smallest absolute Gasteiger partial charge is 0.872 e. The predicted molar refractivity (Wildman–Crippen MR) is 51.0 cm³/mol. The first-order valence-electron chi connectivity index (χ1n) is 4.36. The molecule has 0 bridgehead atoms. The van der Waals surface area contributed by atoms with Crippen molar-refractivity contribution < 1.29 is 39.4 Å². The molecular weight excluding hydrogens is 187 g/mol. The van der Waals surface area contributed by atoms with E-state index in [9.17, 15) is 5.11 Å². The average Bonchev–Trinajstić information content (AvgIpc) is 1.96. The predicted octanol–water partition coefficient (Wildman–Crippen LogP) is -0.750. The van der Waals surface area contributed by atoms with Crippen LogP contribution in [0.1, 0.15) is 26.3 Å². The number of hydrogen-bond acceptors (Lipinski definition) is 2. The molecule has 1 aromatic rings. The molecule has 0 aliphatic rings. The van der Waals surface area contributed by atoms with Crippen molar-refractivity contribution in [2.45, 2.75) is 33.3 Å². The van der Waals surface area contributed by atoms with Crippen molar-refractivity contribution in [3.8, 4) is 11.5 Å². The molecule has 0 heterocycles. The van der Waals surface area contributed by atoms with Crippen LogP contribution in [0.15, 0.2) is 18.2 Å². The van der Waals surface area contributed by atoms with E-state index in [1.807, 2.05) is 26.8 Å². The van der Waals surface area contributed by atoms with Crippen molar-refractivity contribution >= 4 is 0 Å². The van der Waals surface area contributed by atoms with Gasteiger partial charge in [0.15, 0.2) is 0 Å². The summed E-state index contributed by atoms with van der Waals surface area (Å²) < 4.78 is 5.61. The molecule has 72 valence electrons. The molecule has 1 aromatic carbocycles. The average molecular weight is 202 g/mol. The summed E-state index contributed by atoms with van der Waals surface area (Å²) in [5, 5.41) is 11.2. The van der Waals surface area contributed by atoms with Crippen LogP contribution in [0.4, 0.5) is 0 Å². The maximum Gasteiger partial charge on any atom is 1.00 e. The van der Waals surface area contributed by atoms with Crippen LogP contribution in [-0.4, -0.2) is 5.60 Å². The van der Waals surface area contributed by atoms with E-state index >= 15 is 0 Å². The fourth-order valence-electron chi connectivity index (χ4n) is 1.03. The number of benzene rings is 1. The Balaban J connectivity index is 0.00000169. The summed E-state index contributed by atoms with van der Waals surface area (Å²) in [6, 6.07) is 5.09. The zero-order valence-electron chi connectivity index (χ0n) is 9.55. The Hall–Kier alpha value is -0.180. The zero-order valence-corrected chi connectivity index (χ0v) is 11.5. The van der Waals surface area contributed by atoms with Crippen LogP contribution in [-0.2, 0) is 0 Å². The number of rotatable bonds is 1. The van der Waals surface area contributed by atoms with Crippen LogP contribution in [0.5, 0.6) is 11.5 Å². The van der Waals surface area contributed by atoms with Crippen molar-refractivity contribution in [2.75, 3.05) is 0 Å². The second-order valence-electron chi connectivity index (χ2n) is 4.09. The van der Waals surface area contributed by atoms with Gasteiger partial charge in [-0.15, -0.1) is 5.75 Å². The van der Waals surface area contributed by atoms with Crippen LogP contribution in [0.2, 0.25) is 0 Å². The number of ether oxygens (including phenoxy) is 1. The van der Waals surface area contributed by atoms with Crippen LogP contribution in [0.3, 0.4) is 0 Å². The van der Waals surface area contributed by atoms with Gasteiger partial charge in [0, 0.05) is 0 Å². The largest absolute Gasteiger partial charge is 1.00 e. The third-order valence-corrected chi connectivity index (χ3v) is 1.65. The van der Waals surface area contributed by atoms with E-state index in [1.165, 1.54) is 0 Å². The van der Waals surface area contributed by atoms with Gasteiger partial charge < -0.3 is 9.84 Å². The van der Waals surface area contributed by atoms with Gasteiger partial charge in [-0.3, -0.25) is 0 Å². The topological polar surface area (TPSA) is 32.3 Å². The molecule has 2 nitrogen and oxygen atoms in total. The van der Waals surface area contributed by atoms with Gasteiger partial charge >= 0.3 is 29.6 Å².